The maximum atomic E-state index is 12.5. The van der Waals surface area contributed by atoms with Crippen molar-refractivity contribution in [2.75, 3.05) is 6.54 Å². The molecule has 1 fully saturated rings. The van der Waals surface area contributed by atoms with E-state index in [-0.39, 0.29) is 18.4 Å². The van der Waals surface area contributed by atoms with E-state index in [4.69, 9.17) is 0 Å². The summed E-state index contributed by atoms with van der Waals surface area (Å²) in [6.07, 6.45) is 5.21. The van der Waals surface area contributed by atoms with E-state index in [0.717, 1.165) is 30.8 Å². The molecular weight excluding hydrogens is 276 g/mol. The van der Waals surface area contributed by atoms with E-state index in [9.17, 15) is 4.79 Å². The molecular formula is C13H16N4O2S. The molecule has 20 heavy (non-hydrogen) atoms. The van der Waals surface area contributed by atoms with Crippen LogP contribution in [0.4, 0.5) is 0 Å². The van der Waals surface area contributed by atoms with Crippen LogP contribution >= 0.6 is 11.3 Å². The molecule has 6 nitrogen and oxygen atoms in total. The number of carbonyl (C=O) groups excluding carboxylic acids is 1. The van der Waals surface area contributed by atoms with Crippen LogP contribution in [-0.4, -0.2) is 32.6 Å². The molecule has 3 rings (SSSR count). The van der Waals surface area contributed by atoms with E-state index in [0.29, 0.717) is 11.4 Å². The molecule has 106 valence electrons. The van der Waals surface area contributed by atoms with Gasteiger partial charge in [-0.1, -0.05) is 10.3 Å². The Labute approximate surface area is 120 Å². The second-order valence-corrected chi connectivity index (χ2v) is 5.87. The molecule has 1 unspecified atom stereocenters. The first kappa shape index (κ1) is 13.2. The summed E-state index contributed by atoms with van der Waals surface area (Å²) in [5.41, 5.74) is 1.31. The number of nitrogens with zero attached hydrogens (tertiary/aromatic N) is 4. The normalized spacial score (nSPS) is 19.2. The van der Waals surface area contributed by atoms with Crippen molar-refractivity contribution in [2.45, 2.75) is 38.6 Å². The van der Waals surface area contributed by atoms with Gasteiger partial charge in [-0.15, -0.1) is 11.3 Å². The fraction of sp³-hybridized carbons (Fsp3) is 0.538. The molecule has 3 heterocycles. The Hall–Kier alpha value is -1.76. The van der Waals surface area contributed by atoms with Crippen molar-refractivity contribution in [3.05, 3.63) is 28.0 Å². The zero-order valence-electron chi connectivity index (χ0n) is 11.3. The number of hydrogen-bond donors (Lipinski definition) is 0. The highest BCUT2D eigenvalue weighted by Crippen LogP contribution is 2.32. The quantitative estimate of drug-likeness (QED) is 0.866. The predicted molar refractivity (Wildman–Crippen MR) is 73.2 cm³/mol. The number of rotatable bonds is 3. The Kier molecular flexibility index (Phi) is 3.77. The maximum Gasteiger partial charge on any atom is 0.229 e. The Morgan fingerprint density at radius 1 is 1.50 bits per heavy atom. The molecule has 2 aromatic heterocycles. The van der Waals surface area contributed by atoms with Crippen molar-refractivity contribution < 1.29 is 9.42 Å². The van der Waals surface area contributed by atoms with Gasteiger partial charge in [0.1, 0.15) is 16.4 Å². The third-order valence-corrected chi connectivity index (χ3v) is 4.50. The lowest BCUT2D eigenvalue weighted by atomic mass is 10.0. The zero-order valence-corrected chi connectivity index (χ0v) is 12.1. The minimum atomic E-state index is 0.0729. The Bertz CT molecular complexity index is 581. The average molecular weight is 292 g/mol. The van der Waals surface area contributed by atoms with Gasteiger partial charge in [0, 0.05) is 18.1 Å². The number of aromatic nitrogens is 3. The largest absolute Gasteiger partial charge is 0.333 e. The van der Waals surface area contributed by atoms with Crippen molar-refractivity contribution in [1.29, 1.82) is 0 Å². The Morgan fingerprint density at radius 2 is 2.40 bits per heavy atom. The number of hydrogen-bond acceptors (Lipinski definition) is 6. The van der Waals surface area contributed by atoms with Crippen LogP contribution in [0.3, 0.4) is 0 Å². The van der Waals surface area contributed by atoms with E-state index in [1.54, 1.807) is 24.5 Å². The fourth-order valence-electron chi connectivity index (χ4n) is 2.54. The highest BCUT2D eigenvalue weighted by atomic mass is 32.1. The van der Waals surface area contributed by atoms with Gasteiger partial charge in [-0.2, -0.15) is 0 Å². The number of amides is 1. The van der Waals surface area contributed by atoms with E-state index in [2.05, 4.69) is 19.9 Å². The monoisotopic (exact) mass is 292 g/mol. The van der Waals surface area contributed by atoms with Crippen LogP contribution in [0, 0.1) is 6.92 Å². The molecule has 2 aromatic rings. The Morgan fingerprint density at radius 3 is 3.10 bits per heavy atom. The van der Waals surface area contributed by atoms with Gasteiger partial charge in [-0.05, 0) is 26.2 Å². The average Bonchev–Trinajstić information content (AvgIpc) is 3.11. The van der Waals surface area contributed by atoms with Crippen molar-refractivity contribution >= 4 is 17.2 Å². The van der Waals surface area contributed by atoms with Crippen LogP contribution in [0.15, 0.2) is 16.2 Å². The summed E-state index contributed by atoms with van der Waals surface area (Å²) in [5.74, 6) is 0.0729. The van der Waals surface area contributed by atoms with Gasteiger partial charge in [-0.3, -0.25) is 4.79 Å². The van der Waals surface area contributed by atoms with Crippen molar-refractivity contribution in [1.82, 2.24) is 20.2 Å². The SMILES string of the molecule is Cc1nonc1CC(=O)N1CCCCC1c1nccs1. The zero-order chi connectivity index (χ0) is 13.9. The fourth-order valence-corrected chi connectivity index (χ4v) is 3.33. The lowest BCUT2D eigenvalue weighted by Gasteiger charge is -2.34. The molecule has 0 N–H and O–H groups in total. The van der Waals surface area contributed by atoms with E-state index in [1.165, 1.54) is 0 Å². The first-order valence-electron chi connectivity index (χ1n) is 6.72. The second kappa shape index (κ2) is 5.70. The molecule has 0 radical (unpaired) electrons. The Balaban J connectivity index is 1.76. The van der Waals surface area contributed by atoms with Crippen molar-refractivity contribution in [3.8, 4) is 0 Å². The topological polar surface area (TPSA) is 72.1 Å². The minimum Gasteiger partial charge on any atom is -0.333 e. The summed E-state index contributed by atoms with van der Waals surface area (Å²) < 4.78 is 4.65. The summed E-state index contributed by atoms with van der Waals surface area (Å²) in [6.45, 7) is 2.58. The number of likely N-dealkylation sites (tertiary alicyclic amines) is 1. The maximum absolute atomic E-state index is 12.5. The van der Waals surface area contributed by atoms with Crippen molar-refractivity contribution in [2.24, 2.45) is 0 Å². The highest BCUT2D eigenvalue weighted by Gasteiger charge is 2.30. The molecule has 7 heteroatoms. The molecule has 0 spiro atoms. The summed E-state index contributed by atoms with van der Waals surface area (Å²) in [7, 11) is 0. The third-order valence-electron chi connectivity index (χ3n) is 3.62. The molecule has 1 aliphatic rings. The number of carbonyl (C=O) groups is 1. The van der Waals surface area contributed by atoms with Crippen molar-refractivity contribution in [3.63, 3.8) is 0 Å². The molecule has 0 bridgehead atoms. The highest BCUT2D eigenvalue weighted by molar-refractivity contribution is 7.09. The molecule has 1 atom stereocenters. The van der Waals surface area contributed by atoms with Gasteiger partial charge >= 0.3 is 0 Å². The van der Waals surface area contributed by atoms with Crippen LogP contribution < -0.4 is 0 Å². The van der Waals surface area contributed by atoms with Crippen LogP contribution in [0.2, 0.25) is 0 Å². The lowest BCUT2D eigenvalue weighted by molar-refractivity contribution is -0.134. The number of thiazole rings is 1. The van der Waals surface area contributed by atoms with Gasteiger partial charge in [-0.25, -0.2) is 9.61 Å². The predicted octanol–water partition coefficient (Wildman–Crippen LogP) is 2.13. The number of aryl methyl sites for hydroxylation is 1. The molecule has 0 aromatic carbocycles. The lowest BCUT2D eigenvalue weighted by Crippen LogP contribution is -2.39. The summed E-state index contributed by atoms with van der Waals surface area (Å²) >= 11 is 1.61. The molecule has 0 aliphatic carbocycles. The van der Waals surface area contributed by atoms with Crippen LogP contribution in [0.25, 0.3) is 0 Å². The molecule has 1 saturated heterocycles. The molecule has 1 amide bonds. The molecule has 1 aliphatic heterocycles. The second-order valence-electron chi connectivity index (χ2n) is 4.94. The first-order chi connectivity index (χ1) is 9.75. The smallest absolute Gasteiger partial charge is 0.229 e. The summed E-state index contributed by atoms with van der Waals surface area (Å²) in [6, 6.07) is 0.108. The van der Waals surface area contributed by atoms with E-state index >= 15 is 0 Å². The number of piperidine rings is 1. The standard InChI is InChI=1S/C13H16N4O2S/c1-9-10(16-19-15-9)8-12(18)17-6-3-2-4-11(17)13-14-5-7-20-13/h5,7,11H,2-4,6,8H2,1H3. The van der Waals surface area contributed by atoms with Crippen LogP contribution in [-0.2, 0) is 11.2 Å². The summed E-state index contributed by atoms with van der Waals surface area (Å²) in [4.78, 5) is 18.8. The first-order valence-corrected chi connectivity index (χ1v) is 7.60. The molecule has 0 saturated carbocycles. The van der Waals surface area contributed by atoms with E-state index < -0.39 is 0 Å². The van der Waals surface area contributed by atoms with Gasteiger partial charge in [0.25, 0.3) is 0 Å². The van der Waals surface area contributed by atoms with E-state index in [1.807, 2.05) is 10.3 Å². The minimum absolute atomic E-state index is 0.0729. The van der Waals surface area contributed by atoms with Gasteiger partial charge < -0.3 is 4.90 Å². The van der Waals surface area contributed by atoms with Gasteiger partial charge in [0.05, 0.1) is 12.5 Å². The van der Waals surface area contributed by atoms with Gasteiger partial charge in [0.2, 0.25) is 5.91 Å². The summed E-state index contributed by atoms with van der Waals surface area (Å²) in [5, 5.41) is 10.5. The van der Waals surface area contributed by atoms with Gasteiger partial charge in [0.15, 0.2) is 0 Å². The van der Waals surface area contributed by atoms with Crippen LogP contribution in [0.1, 0.15) is 41.7 Å². The van der Waals surface area contributed by atoms with Crippen LogP contribution in [0.5, 0.6) is 0 Å². The third kappa shape index (κ3) is 2.58.